The third kappa shape index (κ3) is 2.97. The number of hydrogen-bond acceptors (Lipinski definition) is 4. The highest BCUT2D eigenvalue weighted by atomic mass is 35.5. The highest BCUT2D eigenvalue weighted by Gasteiger charge is 2.46. The maximum absolute atomic E-state index is 6.42. The molecule has 5 nitrogen and oxygen atoms in total. The second-order valence-electron chi connectivity index (χ2n) is 6.49. The zero-order chi connectivity index (χ0) is 15.6. The van der Waals surface area contributed by atoms with E-state index in [4.69, 9.17) is 17.4 Å². The van der Waals surface area contributed by atoms with E-state index in [0.29, 0.717) is 10.9 Å². The Morgan fingerprint density at radius 3 is 2.86 bits per heavy atom. The summed E-state index contributed by atoms with van der Waals surface area (Å²) in [5.74, 6) is 6.67. The van der Waals surface area contributed by atoms with Crippen LogP contribution < -0.4 is 11.3 Å². The summed E-state index contributed by atoms with van der Waals surface area (Å²) in [5.41, 5.74) is 4.02. The third-order valence-corrected chi connectivity index (χ3v) is 5.30. The quantitative estimate of drug-likeness (QED) is 0.648. The summed E-state index contributed by atoms with van der Waals surface area (Å²) in [7, 11) is 4.28. The molecule has 1 aliphatic carbocycles. The van der Waals surface area contributed by atoms with Crippen LogP contribution in [-0.4, -0.2) is 34.3 Å². The predicted molar refractivity (Wildman–Crippen MR) is 87.0 cm³/mol. The minimum Gasteiger partial charge on any atom is -0.302 e. The van der Waals surface area contributed by atoms with Gasteiger partial charge in [0, 0.05) is 12.1 Å². The van der Waals surface area contributed by atoms with Crippen LogP contribution in [0.2, 0.25) is 5.02 Å². The van der Waals surface area contributed by atoms with Gasteiger partial charge in [0.25, 0.3) is 0 Å². The first-order valence-electron chi connectivity index (χ1n) is 7.81. The van der Waals surface area contributed by atoms with E-state index in [2.05, 4.69) is 43.4 Å². The first-order chi connectivity index (χ1) is 9.96. The first kappa shape index (κ1) is 16.7. The molecule has 3 unspecified atom stereocenters. The molecule has 1 saturated carbocycles. The molecule has 0 saturated heterocycles. The van der Waals surface area contributed by atoms with Crippen molar-refractivity contribution in [2.75, 3.05) is 14.1 Å². The molecule has 1 aliphatic rings. The Hall–Kier alpha value is -0.620. The summed E-state index contributed by atoms with van der Waals surface area (Å²) in [5, 5.41) is 5.07. The number of hydrazine groups is 1. The van der Waals surface area contributed by atoms with E-state index < -0.39 is 0 Å². The molecule has 0 spiro atoms. The topological polar surface area (TPSA) is 59.1 Å². The Morgan fingerprint density at radius 2 is 2.33 bits per heavy atom. The molecule has 0 bridgehead atoms. The second kappa shape index (κ2) is 6.65. The van der Waals surface area contributed by atoms with Gasteiger partial charge in [-0.25, -0.2) is 5.43 Å². The summed E-state index contributed by atoms with van der Waals surface area (Å²) < 4.78 is 1.96. The standard InChI is InChI=1S/C15H28ClN5/c1-5-21-13(12(16)10-18-21)14(19-17)15(20(3)4)8-6-7-11(2)9-15/h10-11,14,19H,5-9,17H2,1-4H3. The number of aromatic nitrogens is 2. The molecular formula is C15H28ClN5. The lowest BCUT2D eigenvalue weighted by molar-refractivity contribution is 0.0337. The van der Waals surface area contributed by atoms with Gasteiger partial charge in [0.15, 0.2) is 0 Å². The van der Waals surface area contributed by atoms with E-state index >= 15 is 0 Å². The van der Waals surface area contributed by atoms with Crippen LogP contribution >= 0.6 is 11.6 Å². The average Bonchev–Trinajstić information content (AvgIpc) is 2.81. The Labute approximate surface area is 132 Å². The van der Waals surface area contributed by atoms with Gasteiger partial charge in [-0.15, -0.1) is 0 Å². The van der Waals surface area contributed by atoms with Crippen molar-refractivity contribution in [3.8, 4) is 0 Å². The largest absolute Gasteiger partial charge is 0.302 e. The Balaban J connectivity index is 2.47. The molecule has 3 N–H and O–H groups in total. The Morgan fingerprint density at radius 1 is 1.62 bits per heavy atom. The lowest BCUT2D eigenvalue weighted by Gasteiger charge is -2.50. The fourth-order valence-electron chi connectivity index (χ4n) is 3.89. The predicted octanol–water partition coefficient (Wildman–Crippen LogP) is 2.57. The van der Waals surface area contributed by atoms with Gasteiger partial charge in [-0.05, 0) is 39.8 Å². The molecule has 1 aromatic rings. The van der Waals surface area contributed by atoms with Crippen molar-refractivity contribution >= 4 is 11.6 Å². The van der Waals surface area contributed by atoms with Crippen molar-refractivity contribution < 1.29 is 0 Å². The minimum atomic E-state index is -0.0248. The van der Waals surface area contributed by atoms with Gasteiger partial charge >= 0.3 is 0 Å². The maximum atomic E-state index is 6.42. The molecule has 0 radical (unpaired) electrons. The molecule has 1 aromatic heterocycles. The number of rotatable bonds is 5. The van der Waals surface area contributed by atoms with Crippen molar-refractivity contribution in [1.82, 2.24) is 20.1 Å². The van der Waals surface area contributed by atoms with Crippen molar-refractivity contribution in [3.05, 3.63) is 16.9 Å². The lowest BCUT2D eigenvalue weighted by atomic mass is 9.70. The molecule has 120 valence electrons. The van der Waals surface area contributed by atoms with E-state index in [1.165, 1.54) is 12.8 Å². The van der Waals surface area contributed by atoms with Gasteiger partial charge in [-0.1, -0.05) is 31.4 Å². The van der Waals surface area contributed by atoms with Crippen molar-refractivity contribution in [2.45, 2.75) is 57.7 Å². The van der Waals surface area contributed by atoms with Gasteiger partial charge < -0.3 is 4.90 Å². The molecule has 2 rings (SSSR count). The van der Waals surface area contributed by atoms with Crippen molar-refractivity contribution in [1.29, 1.82) is 0 Å². The molecule has 3 atom stereocenters. The van der Waals surface area contributed by atoms with Crippen molar-refractivity contribution in [3.63, 3.8) is 0 Å². The highest BCUT2D eigenvalue weighted by molar-refractivity contribution is 6.31. The van der Waals surface area contributed by atoms with Gasteiger partial charge in [-0.2, -0.15) is 5.10 Å². The number of nitrogens with two attached hydrogens (primary N) is 1. The molecular weight excluding hydrogens is 286 g/mol. The van der Waals surface area contributed by atoms with Crippen LogP contribution in [0.1, 0.15) is 51.3 Å². The van der Waals surface area contributed by atoms with Crippen LogP contribution in [0.3, 0.4) is 0 Å². The zero-order valence-corrected chi connectivity index (χ0v) is 14.3. The number of aryl methyl sites for hydroxylation is 1. The Kier molecular flexibility index (Phi) is 5.30. The number of halogens is 1. The monoisotopic (exact) mass is 313 g/mol. The summed E-state index contributed by atoms with van der Waals surface area (Å²) >= 11 is 6.42. The summed E-state index contributed by atoms with van der Waals surface area (Å²) in [6, 6.07) is -0.0230. The van der Waals surface area contributed by atoms with Crippen LogP contribution in [-0.2, 0) is 6.54 Å². The normalized spacial score (nSPS) is 28.0. The Bertz CT molecular complexity index is 473. The van der Waals surface area contributed by atoms with E-state index in [1.54, 1.807) is 6.20 Å². The molecule has 0 aromatic carbocycles. The van der Waals surface area contributed by atoms with E-state index in [-0.39, 0.29) is 11.6 Å². The number of nitrogens with zero attached hydrogens (tertiary/aromatic N) is 3. The van der Waals surface area contributed by atoms with Crippen LogP contribution in [0.15, 0.2) is 6.20 Å². The number of likely N-dealkylation sites (N-methyl/N-ethyl adjacent to an activating group) is 1. The van der Waals surface area contributed by atoms with Gasteiger partial charge in [0.2, 0.25) is 0 Å². The maximum Gasteiger partial charge on any atom is 0.0835 e. The molecule has 1 fully saturated rings. The molecule has 21 heavy (non-hydrogen) atoms. The zero-order valence-electron chi connectivity index (χ0n) is 13.6. The minimum absolute atomic E-state index is 0.0230. The fourth-order valence-corrected chi connectivity index (χ4v) is 4.14. The molecule has 0 aliphatic heterocycles. The first-order valence-corrected chi connectivity index (χ1v) is 8.18. The summed E-state index contributed by atoms with van der Waals surface area (Å²) in [6.45, 7) is 5.19. The fraction of sp³-hybridized carbons (Fsp3) is 0.800. The number of hydrogen-bond donors (Lipinski definition) is 2. The van der Waals surface area contributed by atoms with Crippen LogP contribution in [0, 0.1) is 5.92 Å². The van der Waals surface area contributed by atoms with Crippen LogP contribution in [0.4, 0.5) is 0 Å². The average molecular weight is 314 g/mol. The van der Waals surface area contributed by atoms with Gasteiger partial charge in [-0.3, -0.25) is 10.5 Å². The molecule has 0 amide bonds. The van der Waals surface area contributed by atoms with E-state index in [9.17, 15) is 0 Å². The van der Waals surface area contributed by atoms with Crippen LogP contribution in [0.25, 0.3) is 0 Å². The number of nitrogens with one attached hydrogen (secondary N) is 1. The third-order valence-electron chi connectivity index (χ3n) is 5.01. The molecule has 1 heterocycles. The highest BCUT2D eigenvalue weighted by Crippen LogP contribution is 2.45. The molecule has 6 heteroatoms. The smallest absolute Gasteiger partial charge is 0.0835 e. The SMILES string of the molecule is CCn1ncc(Cl)c1C(NN)C1(N(C)C)CCCC(C)C1. The van der Waals surface area contributed by atoms with Crippen molar-refractivity contribution in [2.24, 2.45) is 11.8 Å². The second-order valence-corrected chi connectivity index (χ2v) is 6.90. The van der Waals surface area contributed by atoms with E-state index in [0.717, 1.165) is 25.1 Å². The van der Waals surface area contributed by atoms with Gasteiger partial charge in [0.1, 0.15) is 0 Å². The summed E-state index contributed by atoms with van der Waals surface area (Å²) in [6.07, 6.45) is 6.45. The van der Waals surface area contributed by atoms with Gasteiger partial charge in [0.05, 0.1) is 23.0 Å². The summed E-state index contributed by atoms with van der Waals surface area (Å²) in [4.78, 5) is 2.32. The lowest BCUT2D eigenvalue weighted by Crippen LogP contribution is -2.57. The van der Waals surface area contributed by atoms with Crippen LogP contribution in [0.5, 0.6) is 0 Å². The van der Waals surface area contributed by atoms with E-state index in [1.807, 2.05) is 4.68 Å².